The average Bonchev–Trinajstić information content (AvgIpc) is 0. The fourth-order valence-corrected chi connectivity index (χ4v) is 0. The monoisotopic (exact) mass is 250 g/mol. The molecule has 54 valence electrons. The molecule has 0 saturated heterocycles. The van der Waals surface area contributed by atoms with Gasteiger partial charge in [-0.2, -0.15) is 0 Å². The zero-order chi connectivity index (χ0) is 0. The van der Waals surface area contributed by atoms with Gasteiger partial charge in [0.1, 0.15) is 0 Å². The molecule has 0 fully saturated rings. The number of hydrogen-bond acceptors (Lipinski definition) is 0. The van der Waals surface area contributed by atoms with Gasteiger partial charge in [0.05, 0.1) is 0 Å². The van der Waals surface area contributed by atoms with E-state index in [4.69, 9.17) is 0 Å². The van der Waals surface area contributed by atoms with Gasteiger partial charge >= 0.3 is 21.7 Å². The van der Waals surface area contributed by atoms with E-state index in [1.165, 1.54) is 0 Å². The summed E-state index contributed by atoms with van der Waals surface area (Å²) in [6.07, 6.45) is 0. The van der Waals surface area contributed by atoms with Gasteiger partial charge in [0.15, 0.2) is 0 Å². The van der Waals surface area contributed by atoms with Gasteiger partial charge in [-0.1, -0.05) is 0 Å². The van der Waals surface area contributed by atoms with Crippen LogP contribution in [0.25, 0.3) is 0 Å². The Bertz CT molecular complexity index is 8.49. The first kappa shape index (κ1) is 452. The molecule has 0 rings (SSSR count). The van der Waals surface area contributed by atoms with Gasteiger partial charge in [-0.25, -0.2) is 0 Å². The summed E-state index contributed by atoms with van der Waals surface area (Å²) in [5.74, 6) is 0. The standard InChI is InChI=1S/Mo.4H2O.2O.Ti/h;4*1H2;;;/q;;;;;2*-2;+4. The van der Waals surface area contributed by atoms with E-state index in [0.29, 0.717) is 0 Å². The van der Waals surface area contributed by atoms with Gasteiger partial charge in [0.2, 0.25) is 0 Å². The molecular formula is H8MoO6Ti. The second-order valence-corrected chi connectivity index (χ2v) is 0. The van der Waals surface area contributed by atoms with Crippen LogP contribution in [0.5, 0.6) is 0 Å². The van der Waals surface area contributed by atoms with Crippen LogP contribution in [-0.4, -0.2) is 21.9 Å². The van der Waals surface area contributed by atoms with Crippen LogP contribution in [0.3, 0.4) is 0 Å². The first-order chi connectivity index (χ1) is 0. The number of rotatable bonds is 0. The first-order valence-corrected chi connectivity index (χ1v) is 0. The molecule has 0 aliphatic rings. The smallest absolute Gasteiger partial charge is 2.00 e. The zero-order valence-corrected chi connectivity index (χ0v) is 7.29. The molecule has 0 aromatic rings. The summed E-state index contributed by atoms with van der Waals surface area (Å²) in [4.78, 5) is 0. The Morgan fingerprint density at radius 1 is 0.500 bits per heavy atom. The molecule has 0 amide bonds. The Balaban J connectivity index is 0. The van der Waals surface area contributed by atoms with Crippen LogP contribution in [0.2, 0.25) is 0 Å². The second kappa shape index (κ2) is 310. The van der Waals surface area contributed by atoms with E-state index in [1.807, 2.05) is 0 Å². The molecule has 0 aromatic heterocycles. The van der Waals surface area contributed by atoms with E-state index in [-0.39, 0.29) is 75.6 Å². The van der Waals surface area contributed by atoms with Crippen LogP contribution in [0.4, 0.5) is 0 Å². The van der Waals surface area contributed by atoms with Crippen LogP contribution < -0.4 is 0 Å². The van der Waals surface area contributed by atoms with Crippen molar-refractivity contribution in [3.8, 4) is 0 Å². The zero-order valence-electron chi connectivity index (χ0n) is 3.72. The molecule has 6 nitrogen and oxygen atoms in total. The Morgan fingerprint density at radius 2 is 0.500 bits per heavy atom. The van der Waals surface area contributed by atoms with Crippen molar-refractivity contribution < 1.29 is 75.6 Å². The van der Waals surface area contributed by atoms with Crippen molar-refractivity contribution in [2.75, 3.05) is 0 Å². The van der Waals surface area contributed by atoms with Crippen molar-refractivity contribution in [1.82, 2.24) is 0 Å². The average molecular weight is 248 g/mol. The summed E-state index contributed by atoms with van der Waals surface area (Å²) in [5, 5.41) is 0. The van der Waals surface area contributed by atoms with Crippen LogP contribution in [0.15, 0.2) is 0 Å². The molecule has 0 unspecified atom stereocenters. The van der Waals surface area contributed by atoms with E-state index in [0.717, 1.165) is 0 Å². The normalized spacial score (nSPS) is 0. The summed E-state index contributed by atoms with van der Waals surface area (Å²) in [5.41, 5.74) is 0. The van der Waals surface area contributed by atoms with Crippen molar-refractivity contribution in [3.63, 3.8) is 0 Å². The molecule has 0 aliphatic carbocycles. The topological polar surface area (TPSA) is 183 Å². The van der Waals surface area contributed by atoms with Crippen LogP contribution in [0, 0.1) is 0 Å². The van der Waals surface area contributed by atoms with E-state index in [9.17, 15) is 0 Å². The van der Waals surface area contributed by atoms with Gasteiger partial charge in [-0.05, 0) is 0 Å². The molecule has 0 heterocycles. The Hall–Kier alpha value is 1.16. The fraction of sp³-hybridized carbons (Fsp3) is 0. The maximum Gasteiger partial charge on any atom is 4.00 e. The molecule has 0 atom stereocenters. The summed E-state index contributed by atoms with van der Waals surface area (Å²) in [6, 6.07) is 0. The molecule has 0 bridgehead atoms. The third-order valence-electron chi connectivity index (χ3n) is 0. The Labute approximate surface area is 75.6 Å². The van der Waals surface area contributed by atoms with Crippen LogP contribution >= 0.6 is 0 Å². The molecule has 0 radical (unpaired) electrons. The van der Waals surface area contributed by atoms with Crippen molar-refractivity contribution in [2.24, 2.45) is 0 Å². The fourth-order valence-electron chi connectivity index (χ4n) is 0. The van der Waals surface area contributed by atoms with Crippen LogP contribution in [0.1, 0.15) is 0 Å². The van der Waals surface area contributed by atoms with Crippen molar-refractivity contribution in [1.29, 1.82) is 0 Å². The third-order valence-corrected chi connectivity index (χ3v) is 0. The predicted molar refractivity (Wildman–Crippen MR) is 15.8 cm³/mol. The summed E-state index contributed by atoms with van der Waals surface area (Å²) >= 11 is 0. The molecule has 0 saturated carbocycles. The summed E-state index contributed by atoms with van der Waals surface area (Å²) in [6.45, 7) is 0. The van der Waals surface area contributed by atoms with E-state index < -0.39 is 0 Å². The Morgan fingerprint density at radius 3 is 0.500 bits per heavy atom. The van der Waals surface area contributed by atoms with Gasteiger partial charge in [0, 0.05) is 21.1 Å². The van der Waals surface area contributed by atoms with E-state index in [1.54, 1.807) is 0 Å². The molecule has 8 heteroatoms. The van der Waals surface area contributed by atoms with Gasteiger partial charge in [0.25, 0.3) is 0 Å². The van der Waals surface area contributed by atoms with Gasteiger partial charge in [-0.3, -0.25) is 0 Å². The van der Waals surface area contributed by atoms with E-state index >= 15 is 0 Å². The summed E-state index contributed by atoms with van der Waals surface area (Å²) < 4.78 is 0. The largest absolute Gasteiger partial charge is 4.00 e. The minimum Gasteiger partial charge on any atom is -2.00 e. The predicted octanol–water partition coefficient (Wildman–Crippen LogP) is -3.54. The SMILES string of the molecule is O.O.O.O.[Mo].[O-2].[O-2].[Ti+4]. The molecule has 8 N–H and O–H groups in total. The van der Waals surface area contributed by atoms with Crippen molar-refractivity contribution in [2.45, 2.75) is 0 Å². The third kappa shape index (κ3) is 201. The summed E-state index contributed by atoms with van der Waals surface area (Å²) in [7, 11) is 0. The molecule has 0 spiro atoms. The molecule has 8 heavy (non-hydrogen) atoms. The number of hydrogen-bond donors (Lipinski definition) is 0. The minimum atomic E-state index is 0. The van der Waals surface area contributed by atoms with Crippen LogP contribution in [-0.2, 0) is 53.7 Å². The van der Waals surface area contributed by atoms with Crippen molar-refractivity contribution >= 4 is 0 Å². The molecule has 0 aromatic carbocycles. The van der Waals surface area contributed by atoms with E-state index in [2.05, 4.69) is 0 Å². The van der Waals surface area contributed by atoms with Gasteiger partial charge < -0.3 is 32.9 Å². The molecular weight excluding hydrogens is 240 g/mol. The quantitative estimate of drug-likeness (QED) is 0.385. The second-order valence-electron chi connectivity index (χ2n) is 0. The first-order valence-electron chi connectivity index (χ1n) is 0. The maximum atomic E-state index is 0. The molecule has 0 aliphatic heterocycles. The Kier molecular flexibility index (Phi) is 17500. The minimum absolute atomic E-state index is 0. The maximum absolute atomic E-state index is 0. The van der Waals surface area contributed by atoms with Gasteiger partial charge in [-0.15, -0.1) is 0 Å². The van der Waals surface area contributed by atoms with Crippen molar-refractivity contribution in [3.05, 3.63) is 0 Å².